The molecule has 0 fully saturated rings. The maximum atomic E-state index is 12.5. The monoisotopic (exact) mass is 382 g/mol. The van der Waals surface area contributed by atoms with Crippen molar-refractivity contribution in [2.75, 3.05) is 0 Å². The molecule has 4 nitrogen and oxygen atoms in total. The summed E-state index contributed by atoms with van der Waals surface area (Å²) >= 11 is 0. The highest BCUT2D eigenvalue weighted by Gasteiger charge is 2.27. The first-order valence-corrected chi connectivity index (χ1v) is 9.57. The van der Waals surface area contributed by atoms with Crippen molar-refractivity contribution in [3.63, 3.8) is 0 Å². The molecular weight excluding hydrogens is 364 g/mol. The Balaban J connectivity index is 1.42. The Morgan fingerprint density at radius 3 is 2.34 bits per heavy atom. The zero-order valence-corrected chi connectivity index (χ0v) is 15.6. The van der Waals surface area contributed by atoms with Gasteiger partial charge in [-0.05, 0) is 47.5 Å². The van der Waals surface area contributed by atoms with Gasteiger partial charge < -0.3 is 9.47 Å². The fourth-order valence-corrected chi connectivity index (χ4v) is 3.79. The molecule has 0 radical (unpaired) electrons. The van der Waals surface area contributed by atoms with E-state index in [2.05, 4.69) is 0 Å². The van der Waals surface area contributed by atoms with Crippen molar-refractivity contribution in [3.05, 3.63) is 101 Å². The van der Waals surface area contributed by atoms with Gasteiger partial charge in [0.15, 0.2) is 11.6 Å². The van der Waals surface area contributed by atoms with Crippen LogP contribution < -0.4 is 9.47 Å². The average molecular weight is 382 g/mol. The number of rotatable bonds is 2. The second kappa shape index (κ2) is 7.06. The smallest absolute Gasteiger partial charge is 0.174 e. The molecule has 2 aliphatic rings. The summed E-state index contributed by atoms with van der Waals surface area (Å²) in [6.07, 6.45) is 2.08. The number of Topliss-reactive ketones (excluding diaryl/α,β-unsaturated/α-hetero) is 2. The molecule has 0 aromatic heterocycles. The van der Waals surface area contributed by atoms with Crippen molar-refractivity contribution in [1.29, 1.82) is 0 Å². The number of benzene rings is 3. The zero-order valence-electron chi connectivity index (χ0n) is 15.6. The number of para-hydroxylation sites is 2. The van der Waals surface area contributed by atoms with E-state index in [1.54, 1.807) is 18.2 Å². The summed E-state index contributed by atoms with van der Waals surface area (Å²) in [7, 11) is 0. The van der Waals surface area contributed by atoms with Gasteiger partial charge in [0.1, 0.15) is 23.4 Å². The van der Waals surface area contributed by atoms with Crippen LogP contribution in [0.2, 0.25) is 0 Å². The second-order valence-electron chi connectivity index (χ2n) is 7.21. The van der Waals surface area contributed by atoms with Gasteiger partial charge in [-0.15, -0.1) is 0 Å². The Bertz CT molecular complexity index is 1160. The highest BCUT2D eigenvalue weighted by molar-refractivity contribution is 6.01. The SMILES string of the molecule is O=C1C/C(=C\c2cccc(C3CC(=O)c4ccccc4O3)c2)Oc2ccccc21. The normalized spacial score (nSPS) is 19.2. The lowest BCUT2D eigenvalue weighted by molar-refractivity contribution is 0.0849. The molecule has 5 rings (SSSR count). The molecule has 0 aliphatic carbocycles. The van der Waals surface area contributed by atoms with Crippen LogP contribution in [0.1, 0.15) is 50.8 Å². The van der Waals surface area contributed by atoms with Crippen LogP contribution in [0.4, 0.5) is 0 Å². The van der Waals surface area contributed by atoms with Crippen molar-refractivity contribution in [1.82, 2.24) is 0 Å². The Morgan fingerprint density at radius 1 is 0.793 bits per heavy atom. The molecule has 0 saturated heterocycles. The molecule has 2 heterocycles. The van der Waals surface area contributed by atoms with Crippen LogP contribution >= 0.6 is 0 Å². The Labute approximate surface area is 168 Å². The fraction of sp³-hybridized carbons (Fsp3) is 0.120. The van der Waals surface area contributed by atoms with Crippen molar-refractivity contribution >= 4 is 17.6 Å². The average Bonchev–Trinajstić information content (AvgIpc) is 2.74. The van der Waals surface area contributed by atoms with Crippen LogP contribution in [0.15, 0.2) is 78.6 Å². The third kappa shape index (κ3) is 3.34. The summed E-state index contributed by atoms with van der Waals surface area (Å²) in [5.74, 6) is 1.95. The van der Waals surface area contributed by atoms with E-state index < -0.39 is 0 Å². The fourth-order valence-electron chi connectivity index (χ4n) is 3.79. The van der Waals surface area contributed by atoms with Gasteiger partial charge in [0.25, 0.3) is 0 Å². The Morgan fingerprint density at radius 2 is 1.52 bits per heavy atom. The number of ketones is 2. The van der Waals surface area contributed by atoms with E-state index >= 15 is 0 Å². The van der Waals surface area contributed by atoms with Crippen LogP contribution in [0.3, 0.4) is 0 Å². The molecule has 0 bridgehead atoms. The van der Waals surface area contributed by atoms with Gasteiger partial charge in [-0.1, -0.05) is 42.5 Å². The Hall–Kier alpha value is -3.66. The molecule has 2 aliphatic heterocycles. The molecule has 0 spiro atoms. The molecular formula is C25H18O4. The van der Waals surface area contributed by atoms with Crippen molar-refractivity contribution in [2.24, 2.45) is 0 Å². The number of carbonyl (C=O) groups is 2. The summed E-state index contributed by atoms with van der Waals surface area (Å²) in [6, 6.07) is 22.4. The summed E-state index contributed by atoms with van der Waals surface area (Å²) < 4.78 is 12.0. The van der Waals surface area contributed by atoms with Crippen LogP contribution in [-0.2, 0) is 0 Å². The van der Waals surface area contributed by atoms with Crippen molar-refractivity contribution < 1.29 is 19.1 Å². The predicted molar refractivity (Wildman–Crippen MR) is 109 cm³/mol. The van der Waals surface area contributed by atoms with Crippen LogP contribution in [-0.4, -0.2) is 11.6 Å². The zero-order chi connectivity index (χ0) is 19.8. The molecule has 1 unspecified atom stereocenters. The number of carbonyl (C=O) groups excluding carboxylic acids is 2. The van der Waals surface area contributed by atoms with Gasteiger partial charge in [-0.3, -0.25) is 9.59 Å². The summed E-state index contributed by atoms with van der Waals surface area (Å²) in [6.45, 7) is 0. The minimum absolute atomic E-state index is 0.0482. The lowest BCUT2D eigenvalue weighted by Gasteiger charge is -2.25. The minimum atomic E-state index is -0.328. The third-order valence-corrected chi connectivity index (χ3v) is 5.20. The number of fused-ring (bicyclic) bond motifs is 2. The molecule has 0 N–H and O–H groups in total. The van der Waals surface area contributed by atoms with E-state index in [0.717, 1.165) is 11.1 Å². The lowest BCUT2D eigenvalue weighted by atomic mass is 9.95. The predicted octanol–water partition coefficient (Wildman–Crippen LogP) is 5.40. The van der Waals surface area contributed by atoms with E-state index in [1.165, 1.54) is 0 Å². The number of hydrogen-bond donors (Lipinski definition) is 0. The van der Waals surface area contributed by atoms with E-state index in [1.807, 2.05) is 60.7 Å². The van der Waals surface area contributed by atoms with Crippen LogP contribution in [0.25, 0.3) is 6.08 Å². The first kappa shape index (κ1) is 17.4. The number of ether oxygens (including phenoxy) is 2. The van der Waals surface area contributed by atoms with E-state index in [-0.39, 0.29) is 24.1 Å². The largest absolute Gasteiger partial charge is 0.484 e. The van der Waals surface area contributed by atoms with Crippen molar-refractivity contribution in [2.45, 2.75) is 18.9 Å². The molecule has 3 aromatic carbocycles. The van der Waals surface area contributed by atoms with E-state index in [0.29, 0.717) is 34.8 Å². The third-order valence-electron chi connectivity index (χ3n) is 5.20. The number of allylic oxidation sites excluding steroid dienone is 1. The van der Waals surface area contributed by atoms with Gasteiger partial charge in [0, 0.05) is 0 Å². The molecule has 1 atom stereocenters. The van der Waals surface area contributed by atoms with Gasteiger partial charge in [0.05, 0.1) is 24.0 Å². The number of hydrogen-bond acceptors (Lipinski definition) is 4. The standard InChI is InChI=1S/C25H18O4/c26-21-14-18(28-23-10-3-1-8-19(21)23)13-16-6-5-7-17(12-16)25-15-22(27)20-9-2-4-11-24(20)29-25/h1-13,25H,14-15H2/b18-13+. The molecule has 3 aromatic rings. The summed E-state index contributed by atoms with van der Waals surface area (Å²) in [5.41, 5.74) is 3.07. The van der Waals surface area contributed by atoms with Gasteiger partial charge >= 0.3 is 0 Å². The maximum absolute atomic E-state index is 12.5. The summed E-state index contributed by atoms with van der Waals surface area (Å²) in [5, 5.41) is 0. The molecule has 0 amide bonds. The van der Waals surface area contributed by atoms with Gasteiger partial charge in [0.2, 0.25) is 0 Å². The van der Waals surface area contributed by atoms with Gasteiger partial charge in [-0.2, -0.15) is 0 Å². The minimum Gasteiger partial charge on any atom is -0.484 e. The lowest BCUT2D eigenvalue weighted by Crippen LogP contribution is -2.20. The first-order valence-electron chi connectivity index (χ1n) is 9.57. The maximum Gasteiger partial charge on any atom is 0.174 e. The van der Waals surface area contributed by atoms with E-state index in [4.69, 9.17) is 9.47 Å². The van der Waals surface area contributed by atoms with Crippen molar-refractivity contribution in [3.8, 4) is 11.5 Å². The van der Waals surface area contributed by atoms with Gasteiger partial charge in [-0.25, -0.2) is 0 Å². The van der Waals surface area contributed by atoms with Crippen LogP contribution in [0.5, 0.6) is 11.5 Å². The van der Waals surface area contributed by atoms with E-state index in [9.17, 15) is 9.59 Å². The first-order chi connectivity index (χ1) is 14.2. The Kier molecular flexibility index (Phi) is 4.24. The molecule has 29 heavy (non-hydrogen) atoms. The quantitative estimate of drug-likeness (QED) is 0.595. The highest BCUT2D eigenvalue weighted by Crippen LogP contribution is 2.35. The summed E-state index contributed by atoms with van der Waals surface area (Å²) in [4.78, 5) is 24.8. The molecule has 142 valence electrons. The van der Waals surface area contributed by atoms with Crippen LogP contribution in [0, 0.1) is 0 Å². The topological polar surface area (TPSA) is 52.6 Å². The molecule has 4 heteroatoms. The second-order valence-corrected chi connectivity index (χ2v) is 7.21. The molecule has 0 saturated carbocycles. The highest BCUT2D eigenvalue weighted by atomic mass is 16.5.